The van der Waals surface area contributed by atoms with Crippen LogP contribution >= 0.6 is 7.14 Å². The molecule has 0 aromatic rings. The average molecular weight is 131 g/mol. The van der Waals surface area contributed by atoms with Gasteiger partial charge in [-0.05, 0) is 25.9 Å². The Morgan fingerprint density at radius 1 is 1.38 bits per heavy atom. The molecule has 0 aromatic carbocycles. The second kappa shape index (κ2) is 2.23. The van der Waals surface area contributed by atoms with Gasteiger partial charge in [-0.15, -0.1) is 0 Å². The molecule has 0 atom stereocenters. The minimum absolute atomic E-state index is 0.951. The van der Waals surface area contributed by atoms with E-state index >= 15 is 0 Å². The van der Waals surface area contributed by atoms with Crippen LogP contribution in [-0.4, -0.2) is 19.0 Å². The third kappa shape index (κ3) is 1.63. The zero-order chi connectivity index (χ0) is 6.04. The van der Waals surface area contributed by atoms with Crippen molar-refractivity contribution in [2.24, 2.45) is 0 Å². The largest absolute Gasteiger partial charge is 0.324 e. The van der Waals surface area contributed by atoms with E-state index in [-0.39, 0.29) is 0 Å². The van der Waals surface area contributed by atoms with Gasteiger partial charge in [-0.3, -0.25) is 0 Å². The molecule has 47 valence electrons. The normalized spacial score (nSPS) is 27.6. The Morgan fingerprint density at radius 2 is 1.88 bits per heavy atom. The highest BCUT2D eigenvalue weighted by molar-refractivity contribution is 7.63. The summed E-state index contributed by atoms with van der Waals surface area (Å²) < 4.78 is 11.2. The molecular weight excluding hydrogens is 119 g/mol. The molecule has 1 aliphatic heterocycles. The zero-order valence-corrected chi connectivity index (χ0v) is 6.16. The van der Waals surface area contributed by atoms with E-state index in [4.69, 9.17) is 0 Å². The van der Waals surface area contributed by atoms with Gasteiger partial charge in [-0.25, -0.2) is 0 Å². The summed E-state index contributed by atoms with van der Waals surface area (Å²) in [5.74, 6) is 0. The molecule has 1 nitrogen and oxygen atoms in total. The molecule has 1 heterocycles. The minimum Gasteiger partial charge on any atom is -0.324 e. The molecule has 1 radical (unpaired) electrons. The Balaban J connectivity index is 2.45. The first-order chi connectivity index (χ1) is 3.71. The van der Waals surface area contributed by atoms with E-state index in [0.717, 1.165) is 25.2 Å². The second-order valence-corrected chi connectivity index (χ2v) is 6.10. The Bertz CT molecular complexity index is 110. The van der Waals surface area contributed by atoms with Crippen LogP contribution in [-0.2, 0) is 4.57 Å². The summed E-state index contributed by atoms with van der Waals surface area (Å²) in [6.45, 7) is 1.92. The fourth-order valence-corrected chi connectivity index (χ4v) is 2.67. The van der Waals surface area contributed by atoms with Crippen LogP contribution in [0.1, 0.15) is 12.8 Å². The van der Waals surface area contributed by atoms with E-state index in [1.54, 1.807) is 0 Å². The molecule has 1 rings (SSSR count). The fourth-order valence-electron chi connectivity index (χ4n) is 0.985. The Kier molecular flexibility index (Phi) is 1.77. The lowest BCUT2D eigenvalue weighted by atomic mass is 10.3. The minimum atomic E-state index is -1.62. The maximum atomic E-state index is 11.2. The molecular formula is C6H12OP. The number of hydrogen-bond donors (Lipinski definition) is 0. The molecule has 1 fully saturated rings. The molecule has 0 unspecified atom stereocenters. The summed E-state index contributed by atoms with van der Waals surface area (Å²) in [5.41, 5.74) is 0. The van der Waals surface area contributed by atoms with E-state index in [1.165, 1.54) is 0 Å². The standard InChI is InChI=1S/C6H12OP/c1-8(7)5-3-2-4-6-8/h2H,3-6H2,1H3. The van der Waals surface area contributed by atoms with Crippen molar-refractivity contribution in [1.82, 2.24) is 0 Å². The molecule has 0 bridgehead atoms. The van der Waals surface area contributed by atoms with Gasteiger partial charge in [-0.1, -0.05) is 0 Å². The lowest BCUT2D eigenvalue weighted by Gasteiger charge is -2.16. The molecule has 1 aliphatic rings. The van der Waals surface area contributed by atoms with Crippen LogP contribution in [0.15, 0.2) is 0 Å². The van der Waals surface area contributed by atoms with Crippen molar-refractivity contribution >= 4 is 7.14 Å². The van der Waals surface area contributed by atoms with Gasteiger partial charge in [0, 0.05) is 12.3 Å². The van der Waals surface area contributed by atoms with Crippen molar-refractivity contribution < 1.29 is 4.57 Å². The zero-order valence-electron chi connectivity index (χ0n) is 5.26. The first-order valence-corrected chi connectivity index (χ1v) is 5.60. The third-order valence-corrected chi connectivity index (χ3v) is 4.02. The van der Waals surface area contributed by atoms with Crippen molar-refractivity contribution in [1.29, 1.82) is 0 Å². The predicted molar refractivity (Wildman–Crippen MR) is 36.8 cm³/mol. The predicted octanol–water partition coefficient (Wildman–Crippen LogP) is 1.98. The van der Waals surface area contributed by atoms with Crippen LogP contribution < -0.4 is 0 Å². The first-order valence-electron chi connectivity index (χ1n) is 3.08. The highest BCUT2D eigenvalue weighted by Gasteiger charge is 2.17. The van der Waals surface area contributed by atoms with Gasteiger partial charge in [0.15, 0.2) is 0 Å². The Labute approximate surface area is 50.8 Å². The lowest BCUT2D eigenvalue weighted by Crippen LogP contribution is -2.01. The molecule has 0 saturated carbocycles. The molecule has 1 saturated heterocycles. The number of rotatable bonds is 0. The van der Waals surface area contributed by atoms with E-state index in [2.05, 4.69) is 6.42 Å². The van der Waals surface area contributed by atoms with Crippen molar-refractivity contribution in [3.05, 3.63) is 6.42 Å². The van der Waals surface area contributed by atoms with Crippen LogP contribution in [0, 0.1) is 6.42 Å². The summed E-state index contributed by atoms with van der Waals surface area (Å²) in [7, 11) is -1.62. The van der Waals surface area contributed by atoms with Gasteiger partial charge in [0.05, 0.1) is 7.14 Å². The molecule has 0 aromatic heterocycles. The van der Waals surface area contributed by atoms with Gasteiger partial charge in [-0.2, -0.15) is 0 Å². The van der Waals surface area contributed by atoms with E-state index in [9.17, 15) is 4.57 Å². The van der Waals surface area contributed by atoms with Gasteiger partial charge in [0.2, 0.25) is 0 Å². The van der Waals surface area contributed by atoms with Crippen molar-refractivity contribution in [3.8, 4) is 0 Å². The van der Waals surface area contributed by atoms with Gasteiger partial charge >= 0.3 is 0 Å². The van der Waals surface area contributed by atoms with Crippen LogP contribution in [0.3, 0.4) is 0 Å². The summed E-state index contributed by atoms with van der Waals surface area (Å²) in [6, 6.07) is 0. The van der Waals surface area contributed by atoms with E-state index < -0.39 is 7.14 Å². The van der Waals surface area contributed by atoms with Crippen molar-refractivity contribution in [2.75, 3.05) is 19.0 Å². The lowest BCUT2D eigenvalue weighted by molar-refractivity contribution is 0.573. The second-order valence-electron chi connectivity index (χ2n) is 2.61. The summed E-state index contributed by atoms with van der Waals surface area (Å²) in [4.78, 5) is 0. The molecule has 0 amide bonds. The SMILES string of the molecule is CP1(=O)CC[CH]CC1. The topological polar surface area (TPSA) is 17.1 Å². The smallest absolute Gasteiger partial charge is 0.0848 e. The fraction of sp³-hybridized carbons (Fsp3) is 0.833. The molecule has 0 N–H and O–H groups in total. The first kappa shape index (κ1) is 6.35. The highest BCUT2D eigenvalue weighted by Crippen LogP contribution is 2.45. The summed E-state index contributed by atoms with van der Waals surface area (Å²) >= 11 is 0. The van der Waals surface area contributed by atoms with E-state index in [0.29, 0.717) is 0 Å². The molecule has 0 spiro atoms. The van der Waals surface area contributed by atoms with Crippen LogP contribution in [0.5, 0.6) is 0 Å². The maximum Gasteiger partial charge on any atom is 0.0848 e. The van der Waals surface area contributed by atoms with Crippen molar-refractivity contribution in [2.45, 2.75) is 12.8 Å². The van der Waals surface area contributed by atoms with Gasteiger partial charge in [0.1, 0.15) is 0 Å². The highest BCUT2D eigenvalue weighted by atomic mass is 31.2. The van der Waals surface area contributed by atoms with Gasteiger partial charge in [0.25, 0.3) is 0 Å². The maximum absolute atomic E-state index is 11.2. The monoisotopic (exact) mass is 131 g/mol. The quantitative estimate of drug-likeness (QED) is 0.459. The third-order valence-electron chi connectivity index (χ3n) is 1.61. The molecule has 2 heteroatoms. The molecule has 8 heavy (non-hydrogen) atoms. The van der Waals surface area contributed by atoms with Crippen LogP contribution in [0.2, 0.25) is 0 Å². The van der Waals surface area contributed by atoms with Crippen LogP contribution in [0.4, 0.5) is 0 Å². The average Bonchev–Trinajstić information content (AvgIpc) is 1.65. The van der Waals surface area contributed by atoms with E-state index in [1.807, 2.05) is 6.66 Å². The molecule has 0 aliphatic carbocycles. The number of hydrogen-bond acceptors (Lipinski definition) is 1. The Morgan fingerprint density at radius 3 is 2.12 bits per heavy atom. The van der Waals surface area contributed by atoms with Crippen LogP contribution in [0.25, 0.3) is 0 Å². The Hall–Kier alpha value is 0.230. The van der Waals surface area contributed by atoms with Gasteiger partial charge < -0.3 is 4.57 Å². The summed E-state index contributed by atoms with van der Waals surface area (Å²) in [6.07, 6.45) is 6.29. The summed E-state index contributed by atoms with van der Waals surface area (Å²) in [5, 5.41) is 0. The van der Waals surface area contributed by atoms with Crippen molar-refractivity contribution in [3.63, 3.8) is 0 Å².